The molecule has 12 rings (SSSR count). The second-order valence-electron chi connectivity index (χ2n) is 15.5. The molecular weight excluding hydrogens is 807 g/mol. The predicted octanol–water partition coefficient (Wildman–Crippen LogP) is 15.0. The van der Waals surface area contributed by atoms with Crippen molar-refractivity contribution in [1.82, 2.24) is 13.7 Å². The van der Waals surface area contributed by atoms with E-state index >= 15 is 0 Å². The van der Waals surface area contributed by atoms with Gasteiger partial charge in [-0.2, -0.15) is 10.5 Å². The lowest BCUT2D eigenvalue weighted by molar-refractivity contribution is 1.16. The average molecular weight is 840 g/mol. The number of hydrogen-bond donors (Lipinski definition) is 0. The maximum Gasteiger partial charge on any atom is 0.0991 e. The van der Waals surface area contributed by atoms with Crippen molar-refractivity contribution in [3.8, 4) is 29.2 Å². The SMILES string of the molecule is N#Cc1ccc(Sc2ccc(-n3c4ccccc4c4c5c(c6ccccc6n5-c5ccccc5)c5c(c6ccccc6n5-c5ccc(Sc6ccc(C#N)cc6)cc5)c43)cc2)cc1. The van der Waals surface area contributed by atoms with Crippen molar-refractivity contribution >= 4 is 88.9 Å². The second-order valence-corrected chi connectivity index (χ2v) is 17.8. The van der Waals surface area contributed by atoms with Crippen LogP contribution in [-0.2, 0) is 0 Å². The van der Waals surface area contributed by atoms with Gasteiger partial charge < -0.3 is 13.7 Å². The molecule has 0 fully saturated rings. The Balaban J connectivity index is 1.18. The highest BCUT2D eigenvalue weighted by molar-refractivity contribution is 7.99. The largest absolute Gasteiger partial charge is 0.308 e. The summed E-state index contributed by atoms with van der Waals surface area (Å²) < 4.78 is 7.42. The van der Waals surface area contributed by atoms with E-state index in [9.17, 15) is 10.5 Å². The summed E-state index contributed by atoms with van der Waals surface area (Å²) in [4.78, 5) is 4.42. The average Bonchev–Trinajstić information content (AvgIpc) is 3.99. The molecule has 7 heteroatoms. The number of nitriles is 2. The summed E-state index contributed by atoms with van der Waals surface area (Å²) in [7, 11) is 0. The molecular formula is C56H33N5S2. The summed E-state index contributed by atoms with van der Waals surface area (Å²) in [6, 6.07) is 75.1. The van der Waals surface area contributed by atoms with Gasteiger partial charge in [0.05, 0.1) is 56.4 Å². The Bertz CT molecular complexity index is 3690. The number of benzene rings is 9. The van der Waals surface area contributed by atoms with Gasteiger partial charge >= 0.3 is 0 Å². The zero-order valence-corrected chi connectivity index (χ0v) is 35.2. The van der Waals surface area contributed by atoms with Gasteiger partial charge in [0.1, 0.15) is 0 Å². The normalized spacial score (nSPS) is 11.6. The van der Waals surface area contributed by atoms with Crippen LogP contribution in [0.3, 0.4) is 0 Å². The first-order chi connectivity index (χ1) is 31.2. The molecule has 0 radical (unpaired) electrons. The van der Waals surface area contributed by atoms with Gasteiger partial charge in [-0.1, -0.05) is 96.3 Å². The fraction of sp³-hybridized carbons (Fsp3) is 0. The molecule has 0 unspecified atom stereocenters. The van der Waals surface area contributed by atoms with Gasteiger partial charge in [0.25, 0.3) is 0 Å². The topological polar surface area (TPSA) is 62.4 Å². The molecule has 3 heterocycles. The van der Waals surface area contributed by atoms with Crippen molar-refractivity contribution in [3.63, 3.8) is 0 Å². The highest BCUT2D eigenvalue weighted by Gasteiger charge is 2.28. The minimum Gasteiger partial charge on any atom is -0.308 e. The van der Waals surface area contributed by atoms with Crippen LogP contribution in [0.1, 0.15) is 11.1 Å². The smallest absolute Gasteiger partial charge is 0.0991 e. The van der Waals surface area contributed by atoms with Gasteiger partial charge in [-0.25, -0.2) is 0 Å². The molecule has 0 N–H and O–H groups in total. The summed E-state index contributed by atoms with van der Waals surface area (Å²) in [6.07, 6.45) is 0. The highest BCUT2D eigenvalue weighted by atomic mass is 32.2. The molecule has 0 saturated heterocycles. The fourth-order valence-corrected chi connectivity index (χ4v) is 11.0. The first-order valence-corrected chi connectivity index (χ1v) is 22.3. The van der Waals surface area contributed by atoms with E-state index in [0.29, 0.717) is 11.1 Å². The Morgan fingerprint density at radius 3 is 0.921 bits per heavy atom. The van der Waals surface area contributed by atoms with Crippen LogP contribution in [-0.4, -0.2) is 13.7 Å². The molecule has 0 saturated carbocycles. The van der Waals surface area contributed by atoms with Crippen LogP contribution < -0.4 is 0 Å². The summed E-state index contributed by atoms with van der Waals surface area (Å²) in [5, 5.41) is 25.9. The van der Waals surface area contributed by atoms with Crippen LogP contribution in [0.25, 0.3) is 82.5 Å². The van der Waals surface area contributed by atoms with Crippen molar-refractivity contribution in [2.24, 2.45) is 0 Å². The molecule has 3 aromatic heterocycles. The first kappa shape index (κ1) is 36.9. The van der Waals surface area contributed by atoms with E-state index in [1.807, 2.05) is 48.5 Å². The quantitative estimate of drug-likeness (QED) is 0.160. The van der Waals surface area contributed by atoms with Gasteiger partial charge in [0, 0.05) is 69.0 Å². The predicted molar refractivity (Wildman–Crippen MR) is 260 cm³/mol. The lowest BCUT2D eigenvalue weighted by Crippen LogP contribution is -1.98. The Morgan fingerprint density at radius 1 is 0.302 bits per heavy atom. The second kappa shape index (κ2) is 14.9. The Hall–Kier alpha value is -7.94. The maximum absolute atomic E-state index is 9.34. The van der Waals surface area contributed by atoms with E-state index in [1.165, 1.54) is 37.8 Å². The molecule has 294 valence electrons. The molecule has 0 aliphatic heterocycles. The molecule has 5 nitrogen and oxygen atoms in total. The van der Waals surface area contributed by atoms with Gasteiger partial charge in [0.15, 0.2) is 0 Å². The van der Waals surface area contributed by atoms with Crippen molar-refractivity contribution in [3.05, 3.63) is 211 Å². The monoisotopic (exact) mass is 839 g/mol. The summed E-state index contributed by atoms with van der Waals surface area (Å²) in [6.45, 7) is 0. The van der Waals surface area contributed by atoms with E-state index in [4.69, 9.17) is 0 Å². The molecule has 0 amide bonds. The number of rotatable bonds is 7. The zero-order chi connectivity index (χ0) is 42.0. The van der Waals surface area contributed by atoms with Crippen molar-refractivity contribution in [1.29, 1.82) is 10.5 Å². The number of para-hydroxylation sites is 4. The van der Waals surface area contributed by atoms with E-state index in [2.05, 4.69) is 177 Å². The molecule has 0 spiro atoms. The lowest BCUT2D eigenvalue weighted by Gasteiger charge is -2.14. The third-order valence-corrected chi connectivity index (χ3v) is 14.0. The molecule has 0 atom stereocenters. The highest BCUT2D eigenvalue weighted by Crippen LogP contribution is 2.50. The number of hydrogen-bond acceptors (Lipinski definition) is 4. The van der Waals surface area contributed by atoms with Crippen molar-refractivity contribution < 1.29 is 0 Å². The fourth-order valence-electron chi connectivity index (χ4n) is 9.32. The van der Waals surface area contributed by atoms with Gasteiger partial charge in [-0.05, 0) is 127 Å². The van der Waals surface area contributed by atoms with Crippen molar-refractivity contribution in [2.75, 3.05) is 0 Å². The van der Waals surface area contributed by atoms with Gasteiger partial charge in [-0.15, -0.1) is 0 Å². The van der Waals surface area contributed by atoms with Crippen molar-refractivity contribution in [2.45, 2.75) is 19.6 Å². The van der Waals surface area contributed by atoms with Crippen LogP contribution in [0.4, 0.5) is 0 Å². The third-order valence-electron chi connectivity index (χ3n) is 12.0. The van der Waals surface area contributed by atoms with Crippen LogP contribution in [0.5, 0.6) is 0 Å². The zero-order valence-electron chi connectivity index (χ0n) is 33.6. The Morgan fingerprint density at radius 2 is 0.587 bits per heavy atom. The molecule has 0 aliphatic carbocycles. The Labute approximate surface area is 371 Å². The van der Waals surface area contributed by atoms with Gasteiger partial charge in [-0.3, -0.25) is 0 Å². The van der Waals surface area contributed by atoms with Crippen LogP contribution in [0.2, 0.25) is 0 Å². The standard InChI is InChI=1S/C56H33N5S2/c57-34-36-18-26-41(27-19-36)62-43-30-22-39(23-31-43)60-49-16-8-5-13-46(49)52-54-51(45-12-4-7-15-48(45)59(54)38-10-2-1-3-11-38)55-53(56(52)60)47-14-6-9-17-50(47)61(55)40-24-32-44(33-25-40)63-42-28-20-37(35-58)21-29-42/h1-33H. The lowest BCUT2D eigenvalue weighted by atomic mass is 10.0. The molecule has 63 heavy (non-hydrogen) atoms. The number of nitrogens with zero attached hydrogens (tertiary/aromatic N) is 5. The molecule has 0 bridgehead atoms. The summed E-state index contributed by atoms with van der Waals surface area (Å²) in [5.74, 6) is 0. The number of fused-ring (bicyclic) bond motifs is 12. The van der Waals surface area contributed by atoms with E-state index in [1.54, 1.807) is 23.5 Å². The minimum absolute atomic E-state index is 0.657. The van der Waals surface area contributed by atoms with E-state index in [0.717, 1.165) is 64.2 Å². The minimum atomic E-state index is 0.657. The molecule has 12 aromatic rings. The molecule has 0 aliphatic rings. The third kappa shape index (κ3) is 5.94. The summed E-state index contributed by atoms with van der Waals surface area (Å²) >= 11 is 3.39. The first-order valence-electron chi connectivity index (χ1n) is 20.7. The van der Waals surface area contributed by atoms with Crippen LogP contribution >= 0.6 is 23.5 Å². The number of aromatic nitrogens is 3. The van der Waals surface area contributed by atoms with Gasteiger partial charge in [0.2, 0.25) is 0 Å². The maximum atomic E-state index is 9.34. The summed E-state index contributed by atoms with van der Waals surface area (Å²) in [5.41, 5.74) is 11.5. The van der Waals surface area contributed by atoms with E-state index < -0.39 is 0 Å². The molecule has 9 aromatic carbocycles. The van der Waals surface area contributed by atoms with Crippen LogP contribution in [0, 0.1) is 22.7 Å². The van der Waals surface area contributed by atoms with Crippen LogP contribution in [0.15, 0.2) is 220 Å². The Kier molecular flexibility index (Phi) is 8.72. The van der Waals surface area contributed by atoms with E-state index in [-0.39, 0.29) is 0 Å².